The van der Waals surface area contributed by atoms with Crippen LogP contribution in [0.2, 0.25) is 5.02 Å². The average Bonchev–Trinajstić information content (AvgIpc) is 2.63. The van der Waals surface area contributed by atoms with Gasteiger partial charge in [0.2, 0.25) is 11.2 Å². The quantitative estimate of drug-likeness (QED) is 0.493. The van der Waals surface area contributed by atoms with Crippen LogP contribution < -0.4 is 10.2 Å². The van der Waals surface area contributed by atoms with Gasteiger partial charge in [-0.05, 0) is 44.9 Å². The fraction of sp³-hybridized carbons (Fsp3) is 0.286. The van der Waals surface area contributed by atoms with Crippen molar-refractivity contribution in [3.63, 3.8) is 0 Å². The molecule has 2 aromatic carbocycles. The van der Waals surface area contributed by atoms with Crippen molar-refractivity contribution in [1.82, 2.24) is 0 Å². The van der Waals surface area contributed by atoms with E-state index in [4.69, 9.17) is 20.8 Å². The number of benzene rings is 2. The van der Waals surface area contributed by atoms with Gasteiger partial charge < -0.3 is 29.6 Å². The van der Waals surface area contributed by atoms with Crippen molar-refractivity contribution in [3.8, 4) is 34.3 Å². The molecule has 0 atom stereocenters. The number of aryl methyl sites for hydroxylation is 1. The van der Waals surface area contributed by atoms with E-state index in [1.165, 1.54) is 25.3 Å². The second-order valence-electron chi connectivity index (χ2n) is 7.37. The molecule has 4 N–H and O–H groups in total. The van der Waals surface area contributed by atoms with E-state index in [0.717, 1.165) is 6.07 Å². The lowest BCUT2D eigenvalue weighted by molar-refractivity contribution is 0.0713. The molecule has 0 radical (unpaired) electrons. The summed E-state index contributed by atoms with van der Waals surface area (Å²) >= 11 is 6.03. The summed E-state index contributed by atoms with van der Waals surface area (Å²) in [6.45, 7) is 3.22. The fourth-order valence-corrected chi connectivity index (χ4v) is 3.24. The van der Waals surface area contributed by atoms with E-state index < -0.39 is 22.5 Å². The van der Waals surface area contributed by atoms with E-state index in [9.17, 15) is 25.2 Å². The Morgan fingerprint density at radius 3 is 2.45 bits per heavy atom. The van der Waals surface area contributed by atoms with Crippen LogP contribution >= 0.6 is 11.6 Å². The van der Waals surface area contributed by atoms with Crippen LogP contribution in [0.5, 0.6) is 23.0 Å². The Hall–Kier alpha value is -2.90. The van der Waals surface area contributed by atoms with Crippen molar-refractivity contribution in [2.45, 2.75) is 32.3 Å². The second kappa shape index (κ2) is 7.50. The number of rotatable bonds is 5. The van der Waals surface area contributed by atoms with Gasteiger partial charge in [-0.25, -0.2) is 0 Å². The molecule has 0 saturated carbocycles. The molecule has 0 amide bonds. The number of aromatic hydroxyl groups is 3. The summed E-state index contributed by atoms with van der Waals surface area (Å²) in [6.07, 6.45) is 0.429. The maximum Gasteiger partial charge on any atom is 0.238 e. The first kappa shape index (κ1) is 20.8. The van der Waals surface area contributed by atoms with E-state index in [1.807, 2.05) is 0 Å². The van der Waals surface area contributed by atoms with Crippen molar-refractivity contribution >= 4 is 22.6 Å². The number of aliphatic hydroxyl groups is 1. The van der Waals surface area contributed by atoms with Gasteiger partial charge >= 0.3 is 0 Å². The fourth-order valence-electron chi connectivity index (χ4n) is 3.05. The zero-order chi connectivity index (χ0) is 21.5. The van der Waals surface area contributed by atoms with Crippen molar-refractivity contribution < 1.29 is 29.6 Å². The molecule has 154 valence electrons. The summed E-state index contributed by atoms with van der Waals surface area (Å²) in [4.78, 5) is 12.8. The van der Waals surface area contributed by atoms with Crippen molar-refractivity contribution in [1.29, 1.82) is 0 Å². The topological polar surface area (TPSA) is 120 Å². The molecule has 0 aliphatic rings. The van der Waals surface area contributed by atoms with Gasteiger partial charge in [0.15, 0.2) is 5.76 Å². The molecule has 0 fully saturated rings. The lowest BCUT2D eigenvalue weighted by Gasteiger charge is -2.18. The minimum absolute atomic E-state index is 0.0709. The monoisotopic (exact) mass is 420 g/mol. The number of phenolic OH excluding ortho intramolecular Hbond substituents is 2. The van der Waals surface area contributed by atoms with Gasteiger partial charge in [0.25, 0.3) is 0 Å². The van der Waals surface area contributed by atoms with Crippen LogP contribution in [-0.4, -0.2) is 33.1 Å². The van der Waals surface area contributed by atoms with Gasteiger partial charge in [-0.15, -0.1) is 0 Å². The predicted molar refractivity (Wildman–Crippen MR) is 109 cm³/mol. The summed E-state index contributed by atoms with van der Waals surface area (Å²) in [7, 11) is 1.42. The lowest BCUT2D eigenvalue weighted by Crippen LogP contribution is -2.19. The minimum atomic E-state index is -1.03. The third-order valence-corrected chi connectivity index (χ3v) is 4.91. The van der Waals surface area contributed by atoms with E-state index in [-0.39, 0.29) is 40.9 Å². The highest BCUT2D eigenvalue weighted by Gasteiger charge is 2.24. The van der Waals surface area contributed by atoms with Crippen LogP contribution in [0.3, 0.4) is 0 Å². The Labute approximate surface area is 171 Å². The number of halogens is 1. The average molecular weight is 421 g/mol. The number of hydrogen-bond acceptors (Lipinski definition) is 7. The highest BCUT2D eigenvalue weighted by Crippen LogP contribution is 2.40. The summed E-state index contributed by atoms with van der Waals surface area (Å²) in [5.41, 5.74) is -1.39. The molecule has 3 rings (SSSR count). The van der Waals surface area contributed by atoms with Crippen molar-refractivity contribution in [2.24, 2.45) is 0 Å². The summed E-state index contributed by atoms with van der Waals surface area (Å²) in [5.74, 6) is -1.35. The molecule has 29 heavy (non-hydrogen) atoms. The van der Waals surface area contributed by atoms with Crippen LogP contribution in [0, 0.1) is 0 Å². The smallest absolute Gasteiger partial charge is 0.238 e. The lowest BCUT2D eigenvalue weighted by atomic mass is 9.96. The van der Waals surface area contributed by atoms with Gasteiger partial charge in [-0.3, -0.25) is 4.79 Å². The highest BCUT2D eigenvalue weighted by molar-refractivity contribution is 6.32. The molecule has 3 aromatic rings. The molecule has 1 heterocycles. The number of ether oxygens (including phenoxy) is 1. The normalized spacial score (nSPS) is 11.8. The maximum atomic E-state index is 12.8. The summed E-state index contributed by atoms with van der Waals surface area (Å²) in [6, 6.07) is 5.57. The molecule has 0 aliphatic heterocycles. The minimum Gasteiger partial charge on any atom is -0.507 e. The standard InChI is InChI=1S/C21H21ClO7/c1-21(2,27)7-6-11-13(23)9-14(24)16-17(25)18(26)19(29-20(11)16)10-4-5-12(22)15(8-10)28-3/h4-5,8-9,23-24,26-27H,6-7H2,1-3H3. The molecule has 0 saturated heterocycles. The zero-order valence-electron chi connectivity index (χ0n) is 16.1. The molecule has 0 aliphatic carbocycles. The third kappa shape index (κ3) is 3.97. The number of hydrogen-bond donors (Lipinski definition) is 4. The molecule has 8 heteroatoms. The Balaban J connectivity index is 2.31. The van der Waals surface area contributed by atoms with Gasteiger partial charge in [0, 0.05) is 17.2 Å². The van der Waals surface area contributed by atoms with Gasteiger partial charge in [0.1, 0.15) is 28.2 Å². The van der Waals surface area contributed by atoms with E-state index >= 15 is 0 Å². The van der Waals surface area contributed by atoms with Gasteiger partial charge in [-0.2, -0.15) is 0 Å². The van der Waals surface area contributed by atoms with Crippen LogP contribution in [0.25, 0.3) is 22.3 Å². The molecule has 0 unspecified atom stereocenters. The summed E-state index contributed by atoms with van der Waals surface area (Å²) in [5, 5.41) is 41.0. The van der Waals surface area contributed by atoms with Crippen molar-refractivity contribution in [3.05, 3.63) is 45.1 Å². The highest BCUT2D eigenvalue weighted by atomic mass is 35.5. The first-order valence-electron chi connectivity index (χ1n) is 8.83. The van der Waals surface area contributed by atoms with Crippen molar-refractivity contribution in [2.75, 3.05) is 7.11 Å². The van der Waals surface area contributed by atoms with Gasteiger partial charge in [0.05, 0.1) is 17.7 Å². The molecule has 1 aromatic heterocycles. The van der Waals surface area contributed by atoms with Crippen LogP contribution in [0.1, 0.15) is 25.8 Å². The van der Waals surface area contributed by atoms with Gasteiger partial charge in [-0.1, -0.05) is 11.6 Å². The van der Waals surface area contributed by atoms with E-state index in [1.54, 1.807) is 13.8 Å². The SMILES string of the molecule is COc1cc(-c2oc3c(CCC(C)(C)O)c(O)cc(O)c3c(=O)c2O)ccc1Cl. The predicted octanol–water partition coefficient (Wildman–Crippen LogP) is 3.94. The Bertz CT molecular complexity index is 1140. The van der Waals surface area contributed by atoms with Crippen LogP contribution in [-0.2, 0) is 6.42 Å². The molecular weight excluding hydrogens is 400 g/mol. The Kier molecular flexibility index (Phi) is 5.38. The van der Waals surface area contributed by atoms with Crippen LogP contribution in [0.15, 0.2) is 33.5 Å². The number of methoxy groups -OCH3 is 1. The summed E-state index contributed by atoms with van der Waals surface area (Å²) < 4.78 is 11.0. The first-order valence-corrected chi connectivity index (χ1v) is 9.21. The Morgan fingerprint density at radius 2 is 1.83 bits per heavy atom. The molecule has 0 bridgehead atoms. The first-order chi connectivity index (χ1) is 13.5. The van der Waals surface area contributed by atoms with E-state index in [0.29, 0.717) is 16.3 Å². The van der Waals surface area contributed by atoms with E-state index in [2.05, 4.69) is 0 Å². The largest absolute Gasteiger partial charge is 0.507 e. The number of phenols is 2. The molecule has 7 nitrogen and oxygen atoms in total. The molecule has 0 spiro atoms. The molecular formula is C21H21ClO7. The second-order valence-corrected chi connectivity index (χ2v) is 7.78. The Morgan fingerprint density at radius 1 is 1.14 bits per heavy atom. The zero-order valence-corrected chi connectivity index (χ0v) is 16.9. The number of fused-ring (bicyclic) bond motifs is 1. The third-order valence-electron chi connectivity index (χ3n) is 4.60. The maximum absolute atomic E-state index is 12.8. The van der Waals surface area contributed by atoms with Crippen LogP contribution in [0.4, 0.5) is 0 Å².